The van der Waals surface area contributed by atoms with Crippen LogP contribution in [-0.4, -0.2) is 34.7 Å². The molecular formula is C18H29NO3S. The van der Waals surface area contributed by atoms with Gasteiger partial charge in [-0.1, -0.05) is 32.0 Å². The molecule has 1 amide bonds. The fraction of sp³-hybridized carbons (Fsp3) is 0.611. The SMILES string of the molecule is CC(C)CC(NC(=O)OC(C)(C)C)C(O)CSc1ccccc1. The van der Waals surface area contributed by atoms with Crippen LogP contribution in [-0.2, 0) is 4.74 Å². The molecule has 0 aliphatic rings. The van der Waals surface area contributed by atoms with Gasteiger partial charge < -0.3 is 15.2 Å². The standard InChI is InChI=1S/C18H29NO3S/c1-13(2)11-15(19-17(21)22-18(3,4)5)16(20)12-23-14-9-7-6-8-10-14/h6-10,13,15-16,20H,11-12H2,1-5H3,(H,19,21). The molecule has 1 rings (SSSR count). The maximum atomic E-state index is 12.0. The van der Waals surface area contributed by atoms with Crippen LogP contribution in [0.4, 0.5) is 4.79 Å². The molecule has 4 nitrogen and oxygen atoms in total. The maximum Gasteiger partial charge on any atom is 0.407 e. The van der Waals surface area contributed by atoms with Crippen molar-refractivity contribution in [3.63, 3.8) is 0 Å². The molecule has 0 saturated carbocycles. The Hall–Kier alpha value is -1.20. The van der Waals surface area contributed by atoms with E-state index in [2.05, 4.69) is 19.2 Å². The van der Waals surface area contributed by atoms with E-state index < -0.39 is 17.8 Å². The number of carbonyl (C=O) groups excluding carboxylic acids is 1. The lowest BCUT2D eigenvalue weighted by Gasteiger charge is -2.27. The number of nitrogens with one attached hydrogen (secondary N) is 1. The minimum absolute atomic E-state index is 0.318. The van der Waals surface area contributed by atoms with Gasteiger partial charge in [0.15, 0.2) is 0 Å². The molecule has 0 aliphatic carbocycles. The summed E-state index contributed by atoms with van der Waals surface area (Å²) in [6.07, 6.45) is -0.405. The van der Waals surface area contributed by atoms with Gasteiger partial charge in [-0.3, -0.25) is 0 Å². The molecule has 2 atom stereocenters. The topological polar surface area (TPSA) is 58.6 Å². The van der Waals surface area contributed by atoms with Gasteiger partial charge >= 0.3 is 6.09 Å². The number of aliphatic hydroxyl groups excluding tert-OH is 1. The summed E-state index contributed by atoms with van der Waals surface area (Å²) in [4.78, 5) is 13.1. The van der Waals surface area contributed by atoms with E-state index in [9.17, 15) is 9.90 Å². The van der Waals surface area contributed by atoms with E-state index in [1.807, 2.05) is 51.1 Å². The van der Waals surface area contributed by atoms with Gasteiger partial charge in [-0.25, -0.2) is 4.79 Å². The highest BCUT2D eigenvalue weighted by Gasteiger charge is 2.25. The molecule has 1 aromatic rings. The van der Waals surface area contributed by atoms with Crippen molar-refractivity contribution >= 4 is 17.9 Å². The minimum atomic E-state index is -0.630. The van der Waals surface area contributed by atoms with Gasteiger partial charge in [0.25, 0.3) is 0 Å². The molecule has 0 spiro atoms. The predicted octanol–water partition coefficient (Wildman–Crippen LogP) is 4.08. The van der Waals surface area contributed by atoms with Crippen molar-refractivity contribution in [1.29, 1.82) is 0 Å². The lowest BCUT2D eigenvalue weighted by Crippen LogP contribution is -2.47. The average molecular weight is 340 g/mol. The van der Waals surface area contributed by atoms with E-state index in [1.54, 1.807) is 11.8 Å². The normalized spacial score (nSPS) is 14.4. The van der Waals surface area contributed by atoms with Crippen LogP contribution in [0.5, 0.6) is 0 Å². The van der Waals surface area contributed by atoms with Crippen LogP contribution in [0.2, 0.25) is 0 Å². The highest BCUT2D eigenvalue weighted by Crippen LogP contribution is 2.21. The van der Waals surface area contributed by atoms with Crippen molar-refractivity contribution in [2.45, 2.75) is 63.7 Å². The molecule has 2 N–H and O–H groups in total. The van der Waals surface area contributed by atoms with Crippen LogP contribution in [0.3, 0.4) is 0 Å². The summed E-state index contributed by atoms with van der Waals surface area (Å²) < 4.78 is 5.29. The smallest absolute Gasteiger partial charge is 0.407 e. The molecule has 2 unspecified atom stereocenters. The second kappa shape index (κ2) is 9.18. The molecule has 1 aromatic carbocycles. The fourth-order valence-electron chi connectivity index (χ4n) is 2.09. The van der Waals surface area contributed by atoms with Gasteiger partial charge in [-0.05, 0) is 45.2 Å². The number of benzene rings is 1. The molecule has 0 saturated heterocycles. The molecular weight excluding hydrogens is 310 g/mol. The first-order valence-corrected chi connectivity index (χ1v) is 9.01. The molecule has 5 heteroatoms. The first kappa shape index (κ1) is 19.8. The zero-order valence-corrected chi connectivity index (χ0v) is 15.5. The van der Waals surface area contributed by atoms with Gasteiger partial charge in [0.05, 0.1) is 12.1 Å². The second-order valence-corrected chi connectivity index (χ2v) is 8.17. The number of alkyl carbamates (subject to hydrolysis) is 1. The van der Waals surface area contributed by atoms with Crippen LogP contribution in [0.25, 0.3) is 0 Å². The summed E-state index contributed by atoms with van der Waals surface area (Å²) in [7, 11) is 0. The third kappa shape index (κ3) is 8.86. The molecule has 0 heterocycles. The van der Waals surface area contributed by atoms with Crippen LogP contribution in [0.1, 0.15) is 41.0 Å². The van der Waals surface area contributed by atoms with Crippen LogP contribution >= 0.6 is 11.8 Å². The molecule has 0 fully saturated rings. The highest BCUT2D eigenvalue weighted by molar-refractivity contribution is 7.99. The Balaban J connectivity index is 2.59. The quantitative estimate of drug-likeness (QED) is 0.735. The largest absolute Gasteiger partial charge is 0.444 e. The Bertz CT molecular complexity index is 471. The summed E-state index contributed by atoms with van der Waals surface area (Å²) in [6.45, 7) is 9.62. The van der Waals surface area contributed by atoms with Crippen molar-refractivity contribution in [3.05, 3.63) is 30.3 Å². The van der Waals surface area contributed by atoms with Crippen LogP contribution in [0, 0.1) is 5.92 Å². The number of ether oxygens (including phenoxy) is 1. The summed E-state index contributed by atoms with van der Waals surface area (Å²) in [5.41, 5.74) is -0.545. The van der Waals surface area contributed by atoms with Gasteiger partial charge in [0.2, 0.25) is 0 Å². The van der Waals surface area contributed by atoms with E-state index >= 15 is 0 Å². The molecule has 130 valence electrons. The lowest BCUT2D eigenvalue weighted by atomic mass is 10.0. The number of aliphatic hydroxyl groups is 1. The Morgan fingerprint density at radius 2 is 1.87 bits per heavy atom. The second-order valence-electron chi connectivity index (χ2n) is 7.07. The first-order valence-electron chi connectivity index (χ1n) is 8.03. The number of carbonyl (C=O) groups is 1. The van der Waals surface area contributed by atoms with Crippen molar-refractivity contribution in [3.8, 4) is 0 Å². The van der Waals surface area contributed by atoms with Crippen molar-refractivity contribution in [1.82, 2.24) is 5.32 Å². The Labute approximate surface area is 144 Å². The summed E-state index contributed by atoms with van der Waals surface area (Å²) in [5.74, 6) is 0.892. The maximum absolute atomic E-state index is 12.0. The van der Waals surface area contributed by atoms with E-state index in [0.29, 0.717) is 18.1 Å². The zero-order valence-electron chi connectivity index (χ0n) is 14.7. The summed E-state index contributed by atoms with van der Waals surface area (Å²) >= 11 is 1.58. The van der Waals surface area contributed by atoms with E-state index in [0.717, 1.165) is 4.90 Å². The predicted molar refractivity (Wildman–Crippen MR) is 95.8 cm³/mol. The number of hydrogen-bond acceptors (Lipinski definition) is 4. The summed E-state index contributed by atoms with van der Waals surface area (Å²) in [5, 5.41) is 13.3. The van der Waals surface area contributed by atoms with Gasteiger partial charge in [-0.2, -0.15) is 0 Å². The fourth-order valence-corrected chi connectivity index (χ4v) is 3.04. The van der Waals surface area contributed by atoms with E-state index in [-0.39, 0.29) is 6.04 Å². The highest BCUT2D eigenvalue weighted by atomic mass is 32.2. The zero-order chi connectivity index (χ0) is 17.5. The average Bonchev–Trinajstić information content (AvgIpc) is 2.42. The molecule has 23 heavy (non-hydrogen) atoms. The monoisotopic (exact) mass is 339 g/mol. The van der Waals surface area contributed by atoms with Crippen LogP contribution < -0.4 is 5.32 Å². The molecule has 0 bridgehead atoms. The number of rotatable bonds is 7. The molecule has 0 aromatic heterocycles. The van der Waals surface area contributed by atoms with Crippen molar-refractivity contribution in [2.75, 3.05) is 5.75 Å². The Morgan fingerprint density at radius 1 is 1.26 bits per heavy atom. The van der Waals surface area contributed by atoms with Crippen LogP contribution in [0.15, 0.2) is 35.2 Å². The number of hydrogen-bond donors (Lipinski definition) is 2. The van der Waals surface area contributed by atoms with Crippen molar-refractivity contribution < 1.29 is 14.6 Å². The third-order valence-electron chi connectivity index (χ3n) is 3.06. The lowest BCUT2D eigenvalue weighted by molar-refractivity contribution is 0.0426. The van der Waals surface area contributed by atoms with Crippen molar-refractivity contribution in [2.24, 2.45) is 5.92 Å². The third-order valence-corrected chi connectivity index (χ3v) is 4.17. The molecule has 0 aliphatic heterocycles. The molecule has 0 radical (unpaired) electrons. The van der Waals surface area contributed by atoms with Gasteiger partial charge in [0, 0.05) is 10.6 Å². The van der Waals surface area contributed by atoms with Gasteiger partial charge in [-0.15, -0.1) is 11.8 Å². The minimum Gasteiger partial charge on any atom is -0.444 e. The Morgan fingerprint density at radius 3 is 2.39 bits per heavy atom. The first-order chi connectivity index (χ1) is 10.7. The number of amides is 1. The number of thioether (sulfide) groups is 1. The summed E-state index contributed by atoms with van der Waals surface area (Å²) in [6, 6.07) is 9.61. The Kier molecular flexibility index (Phi) is 7.92. The van der Waals surface area contributed by atoms with Gasteiger partial charge in [0.1, 0.15) is 5.60 Å². The van der Waals surface area contributed by atoms with E-state index in [1.165, 1.54) is 0 Å². The van der Waals surface area contributed by atoms with E-state index in [4.69, 9.17) is 4.74 Å².